The van der Waals surface area contributed by atoms with Gasteiger partial charge in [0.25, 0.3) is 0 Å². The van der Waals surface area contributed by atoms with Crippen LogP contribution in [0.2, 0.25) is 0 Å². The second kappa shape index (κ2) is 9.74. The largest absolute Gasteiger partial charge is 0.374 e. The number of anilines is 2. The molecular formula is C26H34N4O2. The Balaban J connectivity index is 1.40. The standard InChI is InChI=1S/C26H34N4O2/c1-18(2)19-6-9-22(10-7-19)28-26(32)25(31)27-17-24(30-13-4-5-14-30)20-8-11-23-21(16-20)12-15-29(23)3/h6-11,16,18,24H,4-5,12-15,17H2,1-3H3,(H,27,31)(H,28,32)/t24-/m1/s1. The second-order valence-electron chi connectivity index (χ2n) is 9.26. The van der Waals surface area contributed by atoms with Gasteiger partial charge in [-0.25, -0.2) is 0 Å². The highest BCUT2D eigenvalue weighted by Crippen LogP contribution is 2.32. The zero-order chi connectivity index (χ0) is 22.7. The molecule has 2 heterocycles. The van der Waals surface area contributed by atoms with Crippen LogP contribution in [0.4, 0.5) is 11.4 Å². The summed E-state index contributed by atoms with van der Waals surface area (Å²) >= 11 is 0. The minimum atomic E-state index is -0.627. The molecule has 1 fully saturated rings. The SMILES string of the molecule is CC(C)c1ccc(NC(=O)C(=O)NC[C@H](c2ccc3c(c2)CCN3C)N2CCCC2)cc1. The first-order valence-electron chi connectivity index (χ1n) is 11.7. The lowest BCUT2D eigenvalue weighted by Crippen LogP contribution is -2.41. The average molecular weight is 435 g/mol. The van der Waals surface area contributed by atoms with Gasteiger partial charge in [0.2, 0.25) is 0 Å². The lowest BCUT2D eigenvalue weighted by molar-refractivity contribution is -0.136. The summed E-state index contributed by atoms with van der Waals surface area (Å²) < 4.78 is 0. The molecule has 0 aliphatic carbocycles. The van der Waals surface area contributed by atoms with Gasteiger partial charge in [0.15, 0.2) is 0 Å². The zero-order valence-electron chi connectivity index (χ0n) is 19.4. The molecule has 2 aromatic rings. The van der Waals surface area contributed by atoms with E-state index in [1.165, 1.54) is 35.2 Å². The number of hydrogen-bond acceptors (Lipinski definition) is 4. The van der Waals surface area contributed by atoms with Gasteiger partial charge in [0.05, 0.1) is 6.04 Å². The monoisotopic (exact) mass is 434 g/mol. The number of fused-ring (bicyclic) bond motifs is 1. The molecule has 6 heteroatoms. The molecule has 6 nitrogen and oxygen atoms in total. The van der Waals surface area contributed by atoms with Crippen molar-refractivity contribution in [2.45, 2.75) is 45.1 Å². The predicted molar refractivity (Wildman–Crippen MR) is 129 cm³/mol. The Morgan fingerprint density at radius 2 is 1.62 bits per heavy atom. The predicted octanol–water partition coefficient (Wildman–Crippen LogP) is 3.69. The molecule has 0 spiro atoms. The molecule has 2 aromatic carbocycles. The molecule has 32 heavy (non-hydrogen) atoms. The van der Waals surface area contributed by atoms with Crippen LogP contribution in [0.5, 0.6) is 0 Å². The molecule has 0 unspecified atom stereocenters. The maximum Gasteiger partial charge on any atom is 0.313 e. The van der Waals surface area contributed by atoms with E-state index in [1.807, 2.05) is 24.3 Å². The highest BCUT2D eigenvalue weighted by molar-refractivity contribution is 6.39. The summed E-state index contributed by atoms with van der Waals surface area (Å²) in [4.78, 5) is 29.7. The Morgan fingerprint density at radius 1 is 0.938 bits per heavy atom. The number of likely N-dealkylation sites (N-methyl/N-ethyl adjacent to an activating group) is 1. The molecule has 0 saturated carbocycles. The average Bonchev–Trinajstić information content (AvgIpc) is 3.44. The molecule has 2 N–H and O–H groups in total. The summed E-state index contributed by atoms with van der Waals surface area (Å²) in [7, 11) is 2.12. The van der Waals surface area contributed by atoms with Crippen LogP contribution in [0.3, 0.4) is 0 Å². The van der Waals surface area contributed by atoms with E-state index in [4.69, 9.17) is 0 Å². The van der Waals surface area contributed by atoms with Crippen molar-refractivity contribution < 1.29 is 9.59 Å². The lowest BCUT2D eigenvalue weighted by Gasteiger charge is -2.28. The van der Waals surface area contributed by atoms with Crippen molar-refractivity contribution in [3.8, 4) is 0 Å². The molecule has 2 aliphatic heterocycles. The first-order valence-corrected chi connectivity index (χ1v) is 11.7. The van der Waals surface area contributed by atoms with Crippen molar-refractivity contribution in [2.24, 2.45) is 0 Å². The summed E-state index contributed by atoms with van der Waals surface area (Å²) in [5.74, 6) is -0.800. The fourth-order valence-corrected chi connectivity index (χ4v) is 4.71. The molecule has 4 rings (SSSR count). The van der Waals surface area contributed by atoms with Gasteiger partial charge in [0, 0.05) is 31.5 Å². The fraction of sp³-hybridized carbons (Fsp3) is 0.462. The van der Waals surface area contributed by atoms with Crippen molar-refractivity contribution in [1.29, 1.82) is 0 Å². The molecule has 2 aliphatic rings. The molecule has 0 radical (unpaired) electrons. The third-order valence-electron chi connectivity index (χ3n) is 6.69. The Hall–Kier alpha value is -2.86. The maximum absolute atomic E-state index is 12.6. The van der Waals surface area contributed by atoms with Gasteiger partial charge >= 0.3 is 11.8 Å². The highest BCUT2D eigenvalue weighted by atomic mass is 16.2. The van der Waals surface area contributed by atoms with Crippen LogP contribution < -0.4 is 15.5 Å². The van der Waals surface area contributed by atoms with Gasteiger partial charge in [-0.15, -0.1) is 0 Å². The number of carbonyl (C=O) groups excluding carboxylic acids is 2. The van der Waals surface area contributed by atoms with Crippen molar-refractivity contribution in [2.75, 3.05) is 43.4 Å². The molecule has 0 aromatic heterocycles. The third-order valence-corrected chi connectivity index (χ3v) is 6.69. The number of hydrogen-bond donors (Lipinski definition) is 2. The summed E-state index contributed by atoms with van der Waals surface area (Å²) in [5.41, 5.74) is 5.70. The molecular weight excluding hydrogens is 400 g/mol. The first kappa shape index (κ1) is 22.3. The van der Waals surface area contributed by atoms with Gasteiger partial charge in [-0.3, -0.25) is 14.5 Å². The van der Waals surface area contributed by atoms with Crippen molar-refractivity contribution in [1.82, 2.24) is 10.2 Å². The Bertz CT molecular complexity index is 964. The quantitative estimate of drug-likeness (QED) is 0.681. The van der Waals surface area contributed by atoms with E-state index in [0.29, 0.717) is 18.2 Å². The van der Waals surface area contributed by atoms with E-state index in [9.17, 15) is 9.59 Å². The lowest BCUT2D eigenvalue weighted by atomic mass is 10.0. The molecule has 1 saturated heterocycles. The van der Waals surface area contributed by atoms with E-state index in [0.717, 1.165) is 26.1 Å². The number of benzene rings is 2. The third kappa shape index (κ3) is 4.96. The fourth-order valence-electron chi connectivity index (χ4n) is 4.71. The highest BCUT2D eigenvalue weighted by Gasteiger charge is 2.27. The zero-order valence-corrected chi connectivity index (χ0v) is 19.4. The van der Waals surface area contributed by atoms with E-state index in [2.05, 4.69) is 59.5 Å². The van der Waals surface area contributed by atoms with E-state index < -0.39 is 11.8 Å². The molecule has 170 valence electrons. The number of amides is 2. The van der Waals surface area contributed by atoms with Crippen LogP contribution in [0.1, 0.15) is 55.3 Å². The second-order valence-corrected chi connectivity index (χ2v) is 9.26. The first-order chi connectivity index (χ1) is 15.4. The minimum Gasteiger partial charge on any atom is -0.374 e. The van der Waals surface area contributed by atoms with Crippen molar-refractivity contribution >= 4 is 23.2 Å². The van der Waals surface area contributed by atoms with Crippen LogP contribution in [-0.2, 0) is 16.0 Å². The smallest absolute Gasteiger partial charge is 0.313 e. The van der Waals surface area contributed by atoms with Crippen molar-refractivity contribution in [3.63, 3.8) is 0 Å². The van der Waals surface area contributed by atoms with E-state index in [-0.39, 0.29) is 6.04 Å². The van der Waals surface area contributed by atoms with Gasteiger partial charge in [-0.2, -0.15) is 0 Å². The molecule has 1 atom stereocenters. The Kier molecular flexibility index (Phi) is 6.80. The number of likely N-dealkylation sites (tertiary alicyclic amines) is 1. The Labute approximate surface area is 191 Å². The van der Waals surface area contributed by atoms with Crippen LogP contribution >= 0.6 is 0 Å². The minimum absolute atomic E-state index is 0.0794. The van der Waals surface area contributed by atoms with Crippen LogP contribution in [0.15, 0.2) is 42.5 Å². The maximum atomic E-state index is 12.6. The normalized spacial score (nSPS) is 16.8. The number of nitrogens with zero attached hydrogens (tertiary/aromatic N) is 2. The van der Waals surface area contributed by atoms with Gasteiger partial charge < -0.3 is 15.5 Å². The van der Waals surface area contributed by atoms with Crippen LogP contribution in [-0.4, -0.2) is 49.9 Å². The number of nitrogens with one attached hydrogen (secondary N) is 2. The topological polar surface area (TPSA) is 64.7 Å². The van der Waals surface area contributed by atoms with Crippen LogP contribution in [0.25, 0.3) is 0 Å². The van der Waals surface area contributed by atoms with Gasteiger partial charge in [-0.1, -0.05) is 38.1 Å². The van der Waals surface area contributed by atoms with Gasteiger partial charge in [-0.05, 0) is 73.2 Å². The summed E-state index contributed by atoms with van der Waals surface area (Å²) in [6.07, 6.45) is 3.40. The van der Waals surface area contributed by atoms with Gasteiger partial charge in [0.1, 0.15) is 0 Å². The Morgan fingerprint density at radius 3 is 2.31 bits per heavy atom. The summed E-state index contributed by atoms with van der Waals surface area (Å²) in [6.45, 7) is 7.75. The van der Waals surface area contributed by atoms with Crippen LogP contribution in [0, 0.1) is 0 Å². The number of rotatable bonds is 6. The molecule has 2 amide bonds. The van der Waals surface area contributed by atoms with E-state index >= 15 is 0 Å². The van der Waals surface area contributed by atoms with Crippen molar-refractivity contribution in [3.05, 3.63) is 59.2 Å². The number of carbonyl (C=O) groups is 2. The van der Waals surface area contributed by atoms with E-state index in [1.54, 1.807) is 0 Å². The summed E-state index contributed by atoms with van der Waals surface area (Å²) in [5, 5.41) is 5.59. The summed E-state index contributed by atoms with van der Waals surface area (Å²) in [6, 6.07) is 14.4. The molecule has 0 bridgehead atoms.